The number of rotatable bonds is 6. The third-order valence-corrected chi connectivity index (χ3v) is 5.36. The molecule has 4 rings (SSSR count). The number of amides is 1. The summed E-state index contributed by atoms with van der Waals surface area (Å²) >= 11 is 0. The van der Waals surface area contributed by atoms with E-state index in [4.69, 9.17) is 4.74 Å². The van der Waals surface area contributed by atoms with Gasteiger partial charge < -0.3 is 19.9 Å². The first-order valence-electron chi connectivity index (χ1n) is 10.5. The predicted octanol–water partition coefficient (Wildman–Crippen LogP) is 3.41. The number of aromatic nitrogens is 2. The van der Waals surface area contributed by atoms with Crippen molar-refractivity contribution in [2.24, 2.45) is 0 Å². The molecule has 2 heterocycles. The van der Waals surface area contributed by atoms with Crippen LogP contribution in [-0.4, -0.2) is 59.0 Å². The van der Waals surface area contributed by atoms with E-state index in [0.29, 0.717) is 43.5 Å². The van der Waals surface area contributed by atoms with E-state index in [1.807, 2.05) is 42.2 Å². The van der Waals surface area contributed by atoms with Crippen LogP contribution in [0.5, 0.6) is 5.75 Å². The second kappa shape index (κ2) is 9.51. The summed E-state index contributed by atoms with van der Waals surface area (Å²) in [5.41, 5.74) is 1.93. The van der Waals surface area contributed by atoms with Crippen molar-refractivity contribution in [1.82, 2.24) is 14.9 Å². The second-order valence-electron chi connectivity index (χ2n) is 7.63. The van der Waals surface area contributed by atoms with E-state index in [2.05, 4.69) is 15.3 Å². The van der Waals surface area contributed by atoms with Gasteiger partial charge in [-0.15, -0.1) is 0 Å². The van der Waals surface area contributed by atoms with Gasteiger partial charge in [0.05, 0.1) is 12.0 Å². The highest BCUT2D eigenvalue weighted by Crippen LogP contribution is 2.22. The minimum absolute atomic E-state index is 0.0930. The summed E-state index contributed by atoms with van der Waals surface area (Å²) in [6.45, 7) is 3.98. The lowest BCUT2D eigenvalue weighted by Crippen LogP contribution is -2.49. The van der Waals surface area contributed by atoms with Crippen LogP contribution in [0.25, 0.3) is 0 Å². The number of nitro benzene ring substituents is 1. The maximum atomic E-state index is 12.8. The van der Waals surface area contributed by atoms with E-state index in [-0.39, 0.29) is 11.6 Å². The molecule has 1 amide bonds. The maximum Gasteiger partial charge on any atom is 0.270 e. The number of nitrogens with one attached hydrogen (secondary N) is 1. The van der Waals surface area contributed by atoms with Crippen molar-refractivity contribution >= 4 is 29.0 Å². The third kappa shape index (κ3) is 5.17. The van der Waals surface area contributed by atoms with Crippen molar-refractivity contribution < 1.29 is 14.5 Å². The number of benzene rings is 2. The predicted molar refractivity (Wildman–Crippen MR) is 124 cm³/mol. The molecule has 1 aliphatic heterocycles. The van der Waals surface area contributed by atoms with E-state index in [1.54, 1.807) is 18.1 Å². The van der Waals surface area contributed by atoms with Gasteiger partial charge in [0, 0.05) is 61.3 Å². The number of carbonyl (C=O) groups excluding carboxylic acids is 1. The van der Waals surface area contributed by atoms with Crippen molar-refractivity contribution in [2.75, 3.05) is 43.5 Å². The summed E-state index contributed by atoms with van der Waals surface area (Å²) in [7, 11) is 1.62. The van der Waals surface area contributed by atoms with Crippen LogP contribution in [0, 0.1) is 17.0 Å². The smallest absolute Gasteiger partial charge is 0.270 e. The molecule has 1 aliphatic rings. The number of nitrogens with zero attached hydrogens (tertiary/aromatic N) is 5. The number of methoxy groups -OCH3 is 1. The Morgan fingerprint density at radius 1 is 1.06 bits per heavy atom. The highest BCUT2D eigenvalue weighted by molar-refractivity contribution is 5.95. The number of ether oxygens (including phenoxy) is 1. The zero-order valence-electron chi connectivity index (χ0n) is 18.4. The third-order valence-electron chi connectivity index (χ3n) is 5.36. The minimum atomic E-state index is -0.499. The first-order chi connectivity index (χ1) is 15.9. The molecule has 10 nitrogen and oxygen atoms in total. The molecule has 1 saturated heterocycles. The van der Waals surface area contributed by atoms with Crippen molar-refractivity contribution in [3.05, 3.63) is 76.0 Å². The van der Waals surface area contributed by atoms with Gasteiger partial charge in [0.25, 0.3) is 11.6 Å². The number of aryl methyl sites for hydroxylation is 1. The molecule has 0 aliphatic carbocycles. The SMILES string of the molecule is COc1ccc(Nc2cc(C)nc(N3CCN(C(=O)c4cccc([N+](=O)[O-])c4)CC3)n2)cc1. The molecule has 33 heavy (non-hydrogen) atoms. The van der Waals surface area contributed by atoms with Crippen LogP contribution in [0.2, 0.25) is 0 Å². The van der Waals surface area contributed by atoms with Crippen LogP contribution in [0.15, 0.2) is 54.6 Å². The van der Waals surface area contributed by atoms with Gasteiger partial charge in [-0.2, -0.15) is 4.98 Å². The highest BCUT2D eigenvalue weighted by atomic mass is 16.6. The average molecular weight is 448 g/mol. The molecule has 1 fully saturated rings. The molecule has 3 aromatic rings. The van der Waals surface area contributed by atoms with E-state index in [0.717, 1.165) is 17.1 Å². The first-order valence-corrected chi connectivity index (χ1v) is 10.5. The lowest BCUT2D eigenvalue weighted by molar-refractivity contribution is -0.384. The van der Waals surface area contributed by atoms with E-state index < -0.39 is 4.92 Å². The Bertz CT molecular complexity index is 1160. The summed E-state index contributed by atoms with van der Waals surface area (Å²) in [6.07, 6.45) is 0. The summed E-state index contributed by atoms with van der Waals surface area (Å²) in [5.74, 6) is 1.83. The molecule has 10 heteroatoms. The van der Waals surface area contributed by atoms with Crippen LogP contribution in [0.1, 0.15) is 16.1 Å². The lowest BCUT2D eigenvalue weighted by Gasteiger charge is -2.35. The van der Waals surface area contributed by atoms with E-state index in [1.165, 1.54) is 18.2 Å². The number of nitro groups is 1. The van der Waals surface area contributed by atoms with Gasteiger partial charge in [-0.25, -0.2) is 4.98 Å². The number of hydrogen-bond acceptors (Lipinski definition) is 8. The molecule has 2 aromatic carbocycles. The second-order valence-corrected chi connectivity index (χ2v) is 7.63. The first kappa shape index (κ1) is 22.0. The quantitative estimate of drug-likeness (QED) is 0.451. The molecule has 0 bridgehead atoms. The maximum absolute atomic E-state index is 12.8. The molecule has 0 saturated carbocycles. The van der Waals surface area contributed by atoms with Crippen molar-refractivity contribution in [2.45, 2.75) is 6.92 Å². The summed E-state index contributed by atoms with van der Waals surface area (Å²) in [6, 6.07) is 15.3. The number of carbonyl (C=O) groups is 1. The Labute approximate surface area is 191 Å². The zero-order valence-corrected chi connectivity index (χ0v) is 18.4. The van der Waals surface area contributed by atoms with Gasteiger partial charge in [-0.05, 0) is 37.3 Å². The Morgan fingerprint density at radius 3 is 2.45 bits per heavy atom. The molecular weight excluding hydrogens is 424 g/mol. The van der Waals surface area contributed by atoms with Crippen molar-refractivity contribution in [3.8, 4) is 5.75 Å². The van der Waals surface area contributed by atoms with Crippen molar-refractivity contribution in [1.29, 1.82) is 0 Å². The van der Waals surface area contributed by atoms with Crippen molar-refractivity contribution in [3.63, 3.8) is 0 Å². The molecule has 1 N–H and O–H groups in total. The van der Waals surface area contributed by atoms with Gasteiger partial charge in [0.1, 0.15) is 11.6 Å². The molecule has 0 unspecified atom stereocenters. The Hall–Kier alpha value is -4.21. The Kier molecular flexibility index (Phi) is 6.34. The summed E-state index contributed by atoms with van der Waals surface area (Å²) in [5, 5.41) is 14.3. The number of anilines is 3. The van der Waals surface area contributed by atoms with Gasteiger partial charge in [0.2, 0.25) is 5.95 Å². The largest absolute Gasteiger partial charge is 0.497 e. The standard InChI is InChI=1S/C23H24N6O4/c1-16-14-21(25-18-6-8-20(33-2)9-7-18)26-23(24-16)28-12-10-27(11-13-28)22(30)17-4-3-5-19(15-17)29(31)32/h3-9,14-15H,10-13H2,1-2H3,(H,24,25,26). The number of non-ortho nitro benzene ring substituents is 1. The zero-order chi connectivity index (χ0) is 23.4. The van der Waals surface area contributed by atoms with Gasteiger partial charge in [-0.3, -0.25) is 14.9 Å². The van der Waals surface area contributed by atoms with E-state index >= 15 is 0 Å². The minimum Gasteiger partial charge on any atom is -0.497 e. The van der Waals surface area contributed by atoms with Crippen LogP contribution in [0.3, 0.4) is 0 Å². The number of hydrogen-bond donors (Lipinski definition) is 1. The Morgan fingerprint density at radius 2 is 1.79 bits per heavy atom. The average Bonchev–Trinajstić information content (AvgIpc) is 2.84. The van der Waals surface area contributed by atoms with Crippen LogP contribution >= 0.6 is 0 Å². The molecule has 0 atom stereocenters. The Balaban J connectivity index is 1.42. The lowest BCUT2D eigenvalue weighted by atomic mass is 10.1. The van der Waals surface area contributed by atoms with Gasteiger partial charge in [0.15, 0.2) is 0 Å². The fraction of sp³-hybridized carbons (Fsp3) is 0.261. The molecular formula is C23H24N6O4. The summed E-state index contributed by atoms with van der Waals surface area (Å²) < 4.78 is 5.19. The van der Waals surface area contributed by atoms with Gasteiger partial charge >= 0.3 is 0 Å². The fourth-order valence-corrected chi connectivity index (χ4v) is 3.63. The molecule has 0 spiro atoms. The van der Waals surface area contributed by atoms with Gasteiger partial charge in [-0.1, -0.05) is 6.07 Å². The molecule has 0 radical (unpaired) electrons. The summed E-state index contributed by atoms with van der Waals surface area (Å²) in [4.78, 5) is 36.2. The normalized spacial score (nSPS) is 13.5. The van der Waals surface area contributed by atoms with Crippen LogP contribution < -0.4 is 15.0 Å². The highest BCUT2D eigenvalue weighted by Gasteiger charge is 2.25. The topological polar surface area (TPSA) is 114 Å². The van der Waals surface area contributed by atoms with E-state index in [9.17, 15) is 14.9 Å². The fourth-order valence-electron chi connectivity index (χ4n) is 3.63. The van der Waals surface area contributed by atoms with Crippen LogP contribution in [-0.2, 0) is 0 Å². The molecule has 1 aromatic heterocycles. The van der Waals surface area contributed by atoms with Crippen LogP contribution in [0.4, 0.5) is 23.1 Å². The monoisotopic (exact) mass is 448 g/mol. The molecule has 170 valence electrons. The number of piperazine rings is 1.